The summed E-state index contributed by atoms with van der Waals surface area (Å²) >= 11 is 0. The monoisotopic (exact) mass is 542 g/mol. The molecule has 0 heterocycles. The van der Waals surface area contributed by atoms with Crippen LogP contribution in [0.2, 0.25) is 0 Å². The third-order valence-corrected chi connectivity index (χ3v) is 7.34. The standard InChI is InChI=1S/C24H34O7S2.2Na/c1-2-3-4-5-6-7-8-9-10-11-14-20-15-12-16-21(19-20)31-22-17-13-18-23(32(25,26)27)24(22)33(28,29)30;;/h12-13,15-19H,2-11,14H2,1H3,(H,25,26,27)(H,28,29,30);;/q;2*+1/p-2. The van der Waals surface area contributed by atoms with Gasteiger partial charge in [-0.1, -0.05) is 82.9 Å². The average Bonchev–Trinajstić information content (AvgIpc) is 2.74. The summed E-state index contributed by atoms with van der Waals surface area (Å²) in [6.07, 6.45) is 13.2. The molecule has 35 heavy (non-hydrogen) atoms. The zero-order valence-corrected chi connectivity index (χ0v) is 26.6. The quantitative estimate of drug-likeness (QED) is 0.173. The van der Waals surface area contributed by atoms with Crippen molar-refractivity contribution >= 4 is 20.2 Å². The zero-order chi connectivity index (χ0) is 24.3. The minimum absolute atomic E-state index is 0. The van der Waals surface area contributed by atoms with Crippen molar-refractivity contribution in [3.05, 3.63) is 48.0 Å². The van der Waals surface area contributed by atoms with Crippen LogP contribution in [0.4, 0.5) is 0 Å². The maximum atomic E-state index is 11.7. The molecule has 2 rings (SSSR count). The Labute approximate surface area is 254 Å². The minimum atomic E-state index is -5.26. The fraction of sp³-hybridized carbons (Fsp3) is 0.500. The van der Waals surface area contributed by atoms with E-state index in [4.69, 9.17) is 4.74 Å². The number of ether oxygens (including phenoxy) is 1. The van der Waals surface area contributed by atoms with Gasteiger partial charge >= 0.3 is 59.1 Å². The molecule has 0 aliphatic carbocycles. The summed E-state index contributed by atoms with van der Waals surface area (Å²) in [5.74, 6) is -0.233. The number of hydrogen-bond acceptors (Lipinski definition) is 7. The average molecular weight is 543 g/mol. The fourth-order valence-electron chi connectivity index (χ4n) is 3.73. The van der Waals surface area contributed by atoms with Gasteiger partial charge in [-0.25, -0.2) is 16.8 Å². The van der Waals surface area contributed by atoms with Crippen LogP contribution in [0.5, 0.6) is 11.5 Å². The van der Waals surface area contributed by atoms with Gasteiger partial charge in [0.1, 0.15) is 36.6 Å². The second-order valence-corrected chi connectivity index (χ2v) is 10.8. The Bertz CT molecular complexity index is 1100. The van der Waals surface area contributed by atoms with Crippen molar-refractivity contribution < 1.29 is 89.8 Å². The Morgan fingerprint density at radius 1 is 0.714 bits per heavy atom. The van der Waals surface area contributed by atoms with Crippen molar-refractivity contribution in [2.45, 2.75) is 87.3 Å². The summed E-state index contributed by atoms with van der Waals surface area (Å²) in [6.45, 7) is 2.22. The summed E-state index contributed by atoms with van der Waals surface area (Å²) in [5, 5.41) is 0. The molecule has 0 amide bonds. The van der Waals surface area contributed by atoms with Crippen molar-refractivity contribution in [3.8, 4) is 11.5 Å². The van der Waals surface area contributed by atoms with Gasteiger partial charge in [0, 0.05) is 0 Å². The molecule has 0 N–H and O–H groups in total. The van der Waals surface area contributed by atoms with Gasteiger partial charge in [-0.15, -0.1) is 0 Å². The number of rotatable bonds is 15. The normalized spacial score (nSPS) is 11.4. The van der Waals surface area contributed by atoms with Gasteiger partial charge in [-0.05, 0) is 42.7 Å². The number of aryl methyl sites for hydroxylation is 1. The molecular weight excluding hydrogens is 510 g/mol. The second-order valence-electron chi connectivity index (χ2n) is 8.17. The predicted molar refractivity (Wildman–Crippen MR) is 124 cm³/mol. The molecule has 0 aliphatic rings. The van der Waals surface area contributed by atoms with E-state index in [2.05, 4.69) is 6.92 Å². The van der Waals surface area contributed by atoms with E-state index in [1.807, 2.05) is 6.07 Å². The van der Waals surface area contributed by atoms with E-state index in [1.54, 1.807) is 18.2 Å². The van der Waals surface area contributed by atoms with Crippen molar-refractivity contribution in [1.29, 1.82) is 0 Å². The van der Waals surface area contributed by atoms with Crippen LogP contribution in [0.1, 0.15) is 76.7 Å². The Morgan fingerprint density at radius 3 is 1.80 bits per heavy atom. The molecule has 0 spiro atoms. The number of hydrogen-bond donors (Lipinski definition) is 0. The molecular formula is C24H32Na2O7S2. The smallest absolute Gasteiger partial charge is 0.744 e. The van der Waals surface area contributed by atoms with Crippen LogP contribution in [0.25, 0.3) is 0 Å². The van der Waals surface area contributed by atoms with Gasteiger partial charge in [0.25, 0.3) is 0 Å². The molecule has 0 aliphatic heterocycles. The van der Waals surface area contributed by atoms with Crippen molar-refractivity contribution in [2.75, 3.05) is 0 Å². The van der Waals surface area contributed by atoms with Gasteiger partial charge in [0.05, 0.1) is 4.90 Å². The Hall–Kier alpha value is 0.0600. The minimum Gasteiger partial charge on any atom is -0.744 e. The molecule has 0 bridgehead atoms. The van der Waals surface area contributed by atoms with Crippen molar-refractivity contribution in [3.63, 3.8) is 0 Å². The molecule has 11 heteroatoms. The van der Waals surface area contributed by atoms with Gasteiger partial charge in [0.15, 0.2) is 0 Å². The molecule has 7 nitrogen and oxygen atoms in total. The number of unbranched alkanes of at least 4 members (excludes halogenated alkanes) is 9. The van der Waals surface area contributed by atoms with E-state index in [-0.39, 0.29) is 64.9 Å². The van der Waals surface area contributed by atoms with E-state index in [1.165, 1.54) is 51.4 Å². The van der Waals surface area contributed by atoms with Crippen LogP contribution in [-0.2, 0) is 26.7 Å². The fourth-order valence-corrected chi connectivity index (χ4v) is 5.58. The van der Waals surface area contributed by atoms with Gasteiger partial charge in [-0.2, -0.15) is 0 Å². The first kappa shape index (κ1) is 35.1. The molecule has 0 fully saturated rings. The van der Waals surface area contributed by atoms with Gasteiger partial charge in [0.2, 0.25) is 0 Å². The van der Waals surface area contributed by atoms with E-state index < -0.39 is 35.8 Å². The predicted octanol–water partition coefficient (Wildman–Crippen LogP) is -0.241. The Kier molecular flexibility index (Phi) is 17.6. The SMILES string of the molecule is CCCCCCCCCCCCc1cccc(Oc2cccc(S(=O)(=O)[O-])c2S(=O)(=O)[O-])c1.[Na+].[Na+]. The third kappa shape index (κ3) is 12.9. The van der Waals surface area contributed by atoms with Crippen molar-refractivity contribution in [1.82, 2.24) is 0 Å². The molecule has 0 aromatic heterocycles. The summed E-state index contributed by atoms with van der Waals surface area (Å²) in [4.78, 5) is -2.28. The van der Waals surface area contributed by atoms with E-state index in [0.29, 0.717) is 0 Å². The van der Waals surface area contributed by atoms with Crippen LogP contribution in [0.15, 0.2) is 52.3 Å². The summed E-state index contributed by atoms with van der Waals surface area (Å²) in [5.41, 5.74) is 0.978. The van der Waals surface area contributed by atoms with Crippen molar-refractivity contribution in [2.24, 2.45) is 0 Å². The second kappa shape index (κ2) is 17.5. The van der Waals surface area contributed by atoms with Crippen LogP contribution < -0.4 is 63.9 Å². The third-order valence-electron chi connectivity index (χ3n) is 5.41. The first-order chi connectivity index (χ1) is 15.6. The molecule has 184 valence electrons. The number of benzene rings is 2. The molecule has 0 radical (unpaired) electrons. The van der Waals surface area contributed by atoms with E-state index >= 15 is 0 Å². The molecule has 2 aromatic rings. The zero-order valence-electron chi connectivity index (χ0n) is 21.0. The Morgan fingerprint density at radius 2 is 1.26 bits per heavy atom. The summed E-state index contributed by atoms with van der Waals surface area (Å²) in [7, 11) is -10.4. The topological polar surface area (TPSA) is 124 Å². The molecule has 0 unspecified atom stereocenters. The van der Waals surface area contributed by atoms with Gasteiger partial charge < -0.3 is 13.8 Å². The maximum absolute atomic E-state index is 11.7. The maximum Gasteiger partial charge on any atom is 1.00 e. The Balaban J connectivity index is 0.00000578. The van der Waals surface area contributed by atoms with Crippen LogP contribution in [-0.4, -0.2) is 25.9 Å². The first-order valence-electron chi connectivity index (χ1n) is 11.4. The van der Waals surface area contributed by atoms with Crippen LogP contribution in [0, 0.1) is 0 Å². The first-order valence-corrected chi connectivity index (χ1v) is 14.3. The largest absolute Gasteiger partial charge is 1.00 e. The van der Waals surface area contributed by atoms with Gasteiger partial charge in [-0.3, -0.25) is 0 Å². The molecule has 0 atom stereocenters. The van der Waals surface area contributed by atoms with E-state index in [9.17, 15) is 25.9 Å². The molecule has 0 saturated heterocycles. The summed E-state index contributed by atoms with van der Waals surface area (Å²) < 4.78 is 74.7. The summed E-state index contributed by atoms with van der Waals surface area (Å²) in [6, 6.07) is 10.0. The molecule has 2 aromatic carbocycles. The molecule has 0 saturated carbocycles. The van der Waals surface area contributed by atoms with Crippen LogP contribution in [0.3, 0.4) is 0 Å². The van der Waals surface area contributed by atoms with E-state index in [0.717, 1.165) is 43.0 Å². The van der Waals surface area contributed by atoms with Crippen LogP contribution >= 0.6 is 0 Å².